The molecule has 0 spiro atoms. The summed E-state index contributed by atoms with van der Waals surface area (Å²) in [4.78, 5) is 35.4. The van der Waals surface area contributed by atoms with Crippen LogP contribution in [0.1, 0.15) is 26.2 Å². The maximum Gasteiger partial charge on any atom is 0.326 e. The molecule has 1 aromatic rings. The van der Waals surface area contributed by atoms with Crippen LogP contribution in [0.15, 0.2) is 18.5 Å². The lowest BCUT2D eigenvalue weighted by Gasteiger charge is -2.30. The van der Waals surface area contributed by atoms with Gasteiger partial charge in [-0.2, -0.15) is 0 Å². The zero-order valence-corrected chi connectivity index (χ0v) is 12.3. The van der Waals surface area contributed by atoms with Crippen LogP contribution in [0.4, 0.5) is 5.95 Å². The van der Waals surface area contributed by atoms with E-state index in [4.69, 9.17) is 0 Å². The lowest BCUT2D eigenvalue weighted by molar-refractivity contribution is -0.149. The van der Waals surface area contributed by atoms with Crippen molar-refractivity contribution in [3.05, 3.63) is 18.5 Å². The first-order valence-electron chi connectivity index (χ1n) is 7.09. The Morgan fingerprint density at radius 1 is 1.48 bits per heavy atom. The molecule has 2 unspecified atom stereocenters. The van der Waals surface area contributed by atoms with Gasteiger partial charge in [-0.05, 0) is 25.3 Å². The number of amides is 1. The highest BCUT2D eigenvalue weighted by molar-refractivity contribution is 5.89. The van der Waals surface area contributed by atoms with Gasteiger partial charge in [-0.25, -0.2) is 14.8 Å². The summed E-state index contributed by atoms with van der Waals surface area (Å²) in [5.41, 5.74) is 0. The molecule has 2 heterocycles. The summed E-state index contributed by atoms with van der Waals surface area (Å²) >= 11 is 0. The minimum atomic E-state index is -0.978. The van der Waals surface area contributed by atoms with Gasteiger partial charge in [-0.1, -0.05) is 6.92 Å². The van der Waals surface area contributed by atoms with Gasteiger partial charge >= 0.3 is 5.97 Å². The van der Waals surface area contributed by atoms with Crippen molar-refractivity contribution in [1.82, 2.24) is 14.9 Å². The first kappa shape index (κ1) is 15.2. The van der Waals surface area contributed by atoms with E-state index >= 15 is 0 Å². The fourth-order valence-electron chi connectivity index (χ4n) is 2.71. The van der Waals surface area contributed by atoms with E-state index in [1.165, 1.54) is 4.90 Å². The van der Waals surface area contributed by atoms with Gasteiger partial charge in [0.2, 0.25) is 11.9 Å². The van der Waals surface area contributed by atoms with Crippen LogP contribution in [0.2, 0.25) is 0 Å². The van der Waals surface area contributed by atoms with Crippen LogP contribution >= 0.6 is 0 Å². The molecule has 2 atom stereocenters. The fraction of sp³-hybridized carbons (Fsp3) is 0.571. The number of likely N-dealkylation sites (N-methyl/N-ethyl adjacent to an activating group) is 1. The zero-order valence-electron chi connectivity index (χ0n) is 12.3. The SMILES string of the molecule is CCC(C(=O)O)N(C)C(=O)C1CCCN1c1ncccn1. The van der Waals surface area contributed by atoms with Crippen molar-refractivity contribution in [3.63, 3.8) is 0 Å². The first-order chi connectivity index (χ1) is 10.1. The Bertz CT molecular complexity index is 508. The highest BCUT2D eigenvalue weighted by atomic mass is 16.4. The van der Waals surface area contributed by atoms with Crippen molar-refractivity contribution in [2.75, 3.05) is 18.5 Å². The molecule has 0 aliphatic carbocycles. The molecule has 1 fully saturated rings. The van der Waals surface area contributed by atoms with E-state index in [9.17, 15) is 14.7 Å². The maximum atomic E-state index is 12.6. The number of carboxylic acid groups (broad SMARTS) is 1. The lowest BCUT2D eigenvalue weighted by atomic mass is 10.1. The molecular weight excluding hydrogens is 272 g/mol. The molecule has 0 radical (unpaired) electrons. The second-order valence-electron chi connectivity index (χ2n) is 5.11. The molecule has 21 heavy (non-hydrogen) atoms. The minimum absolute atomic E-state index is 0.186. The van der Waals surface area contributed by atoms with Crippen molar-refractivity contribution >= 4 is 17.8 Å². The van der Waals surface area contributed by atoms with Gasteiger partial charge in [0.25, 0.3) is 0 Å². The number of aromatic nitrogens is 2. The predicted octanol–water partition coefficient (Wildman–Crippen LogP) is 0.767. The van der Waals surface area contributed by atoms with Crippen molar-refractivity contribution in [2.45, 2.75) is 38.3 Å². The molecule has 7 heteroatoms. The Morgan fingerprint density at radius 3 is 2.71 bits per heavy atom. The van der Waals surface area contributed by atoms with E-state index in [-0.39, 0.29) is 11.9 Å². The largest absolute Gasteiger partial charge is 0.480 e. The molecule has 1 aliphatic rings. The third-order valence-electron chi connectivity index (χ3n) is 3.83. The number of hydrogen-bond donors (Lipinski definition) is 1. The van der Waals surface area contributed by atoms with Gasteiger partial charge in [0.05, 0.1) is 0 Å². The summed E-state index contributed by atoms with van der Waals surface area (Å²) in [6, 6.07) is 0.544. The van der Waals surface area contributed by atoms with Crippen molar-refractivity contribution < 1.29 is 14.7 Å². The molecule has 1 amide bonds. The smallest absolute Gasteiger partial charge is 0.326 e. The average Bonchev–Trinajstić information content (AvgIpc) is 2.97. The molecule has 0 bridgehead atoms. The summed E-state index contributed by atoms with van der Waals surface area (Å²) in [6.07, 6.45) is 5.21. The van der Waals surface area contributed by atoms with Crippen LogP contribution < -0.4 is 4.90 Å². The number of nitrogens with zero attached hydrogens (tertiary/aromatic N) is 4. The Kier molecular flexibility index (Phi) is 4.72. The van der Waals surface area contributed by atoms with Gasteiger partial charge < -0.3 is 14.9 Å². The zero-order chi connectivity index (χ0) is 15.4. The number of carbonyl (C=O) groups is 2. The highest BCUT2D eigenvalue weighted by Gasteiger charge is 2.37. The van der Waals surface area contributed by atoms with Crippen molar-refractivity contribution in [2.24, 2.45) is 0 Å². The first-order valence-corrected chi connectivity index (χ1v) is 7.09. The van der Waals surface area contributed by atoms with Crippen LogP contribution in [0.5, 0.6) is 0 Å². The van der Waals surface area contributed by atoms with Gasteiger partial charge in [-0.3, -0.25) is 4.79 Å². The number of rotatable bonds is 5. The van der Waals surface area contributed by atoms with E-state index in [1.54, 1.807) is 32.4 Å². The third-order valence-corrected chi connectivity index (χ3v) is 3.83. The van der Waals surface area contributed by atoms with Gasteiger partial charge in [-0.15, -0.1) is 0 Å². The Labute approximate surface area is 123 Å². The van der Waals surface area contributed by atoms with Crippen molar-refractivity contribution in [3.8, 4) is 0 Å². The predicted molar refractivity (Wildman–Crippen MR) is 76.9 cm³/mol. The summed E-state index contributed by atoms with van der Waals surface area (Å²) in [5, 5.41) is 9.19. The number of anilines is 1. The van der Waals surface area contributed by atoms with Crippen LogP contribution in [0.25, 0.3) is 0 Å². The molecule has 1 aliphatic heterocycles. The third kappa shape index (κ3) is 3.12. The Balaban J connectivity index is 2.16. The average molecular weight is 292 g/mol. The summed E-state index contributed by atoms with van der Waals surface area (Å²) in [5.74, 6) is -0.645. The number of carbonyl (C=O) groups excluding carboxylic acids is 1. The van der Waals surface area contributed by atoms with E-state index < -0.39 is 12.0 Å². The number of hydrogen-bond acceptors (Lipinski definition) is 5. The normalized spacial score (nSPS) is 19.3. The van der Waals surface area contributed by atoms with E-state index in [2.05, 4.69) is 9.97 Å². The molecule has 1 N–H and O–H groups in total. The molecule has 2 rings (SSSR count). The number of aliphatic carboxylic acids is 1. The molecule has 1 aromatic heterocycles. The molecule has 7 nitrogen and oxygen atoms in total. The number of carboxylic acids is 1. The summed E-state index contributed by atoms with van der Waals surface area (Å²) < 4.78 is 0. The van der Waals surface area contributed by atoms with Crippen LogP contribution in [-0.4, -0.2) is 57.5 Å². The van der Waals surface area contributed by atoms with Crippen LogP contribution in [0, 0.1) is 0 Å². The van der Waals surface area contributed by atoms with Gasteiger partial charge in [0.15, 0.2) is 0 Å². The minimum Gasteiger partial charge on any atom is -0.480 e. The summed E-state index contributed by atoms with van der Waals surface area (Å²) in [6.45, 7) is 2.47. The lowest BCUT2D eigenvalue weighted by Crippen LogP contribution is -2.50. The van der Waals surface area contributed by atoms with Gasteiger partial charge in [0.1, 0.15) is 12.1 Å². The van der Waals surface area contributed by atoms with E-state index in [1.807, 2.05) is 4.90 Å². The molecule has 0 saturated carbocycles. The molecule has 0 aromatic carbocycles. The Hall–Kier alpha value is -2.18. The monoisotopic (exact) mass is 292 g/mol. The van der Waals surface area contributed by atoms with Gasteiger partial charge in [0, 0.05) is 26.0 Å². The second-order valence-corrected chi connectivity index (χ2v) is 5.11. The fourth-order valence-corrected chi connectivity index (χ4v) is 2.71. The summed E-state index contributed by atoms with van der Waals surface area (Å²) in [7, 11) is 1.55. The molecule has 114 valence electrons. The van der Waals surface area contributed by atoms with E-state index in [0.29, 0.717) is 25.3 Å². The maximum absolute atomic E-state index is 12.6. The van der Waals surface area contributed by atoms with E-state index in [0.717, 1.165) is 6.42 Å². The highest BCUT2D eigenvalue weighted by Crippen LogP contribution is 2.24. The van der Waals surface area contributed by atoms with Crippen LogP contribution in [-0.2, 0) is 9.59 Å². The van der Waals surface area contributed by atoms with Crippen molar-refractivity contribution in [1.29, 1.82) is 0 Å². The Morgan fingerprint density at radius 2 is 2.14 bits per heavy atom. The molecular formula is C14H20N4O3. The van der Waals surface area contributed by atoms with Crippen LogP contribution in [0.3, 0.4) is 0 Å². The topological polar surface area (TPSA) is 86.6 Å². The molecule has 1 saturated heterocycles. The standard InChI is InChI=1S/C14H20N4O3/c1-3-10(13(20)21)17(2)12(19)11-6-4-9-18(11)14-15-7-5-8-16-14/h5,7-8,10-11H,3-4,6,9H2,1-2H3,(H,20,21). The second kappa shape index (κ2) is 6.51. The quantitative estimate of drug-likeness (QED) is 0.862.